The molecule has 0 bridgehead atoms. The molecule has 1 saturated heterocycles. The van der Waals surface area contributed by atoms with E-state index in [1.165, 1.54) is 0 Å². The van der Waals surface area contributed by atoms with E-state index >= 15 is 0 Å². The van der Waals surface area contributed by atoms with E-state index < -0.39 is 0 Å². The number of nitrogens with zero attached hydrogens (tertiary/aromatic N) is 3. The second-order valence-electron chi connectivity index (χ2n) is 4.01. The van der Waals surface area contributed by atoms with Gasteiger partial charge in [0.25, 0.3) is 0 Å². The summed E-state index contributed by atoms with van der Waals surface area (Å²) in [6.45, 7) is 2.14. The van der Waals surface area contributed by atoms with Crippen molar-refractivity contribution in [2.24, 2.45) is 0 Å². The molecule has 1 aromatic heterocycles. The average Bonchev–Trinajstić information content (AvgIpc) is 2.20. The van der Waals surface area contributed by atoms with Gasteiger partial charge in [-0.1, -0.05) is 0 Å². The topological polar surface area (TPSA) is 64.3 Å². The molecule has 2 rings (SSSR count). The summed E-state index contributed by atoms with van der Waals surface area (Å²) in [4.78, 5) is 10.4. The number of nitrogens with two attached hydrogens (primary N) is 1. The van der Waals surface area contributed by atoms with Crippen molar-refractivity contribution >= 4 is 28.5 Å². The minimum Gasteiger partial charge on any atom is -0.474 e. The lowest BCUT2D eigenvalue weighted by Gasteiger charge is -2.28. The van der Waals surface area contributed by atoms with Crippen LogP contribution >= 0.6 is 22.6 Å². The van der Waals surface area contributed by atoms with E-state index in [0.29, 0.717) is 5.88 Å². The van der Waals surface area contributed by atoms with Crippen LogP contribution in [0.4, 0.5) is 5.95 Å². The van der Waals surface area contributed by atoms with Gasteiger partial charge in [-0.2, -0.15) is 4.98 Å². The van der Waals surface area contributed by atoms with Crippen molar-refractivity contribution in [2.45, 2.75) is 18.9 Å². The van der Waals surface area contributed by atoms with Crippen LogP contribution in [0.5, 0.6) is 5.88 Å². The second-order valence-corrected chi connectivity index (χ2v) is 5.11. The monoisotopic (exact) mass is 334 g/mol. The molecule has 0 amide bonds. The van der Waals surface area contributed by atoms with Crippen LogP contribution in [0.1, 0.15) is 12.8 Å². The van der Waals surface area contributed by atoms with Gasteiger partial charge < -0.3 is 15.4 Å². The van der Waals surface area contributed by atoms with Crippen LogP contribution in [0.15, 0.2) is 6.07 Å². The van der Waals surface area contributed by atoms with Crippen molar-refractivity contribution in [1.82, 2.24) is 14.9 Å². The van der Waals surface area contributed by atoms with E-state index in [1.54, 1.807) is 0 Å². The lowest BCUT2D eigenvalue weighted by atomic mass is 10.1. The smallest absolute Gasteiger partial charge is 0.224 e. The third-order valence-electron chi connectivity index (χ3n) is 2.64. The van der Waals surface area contributed by atoms with Gasteiger partial charge in [0.2, 0.25) is 11.8 Å². The fourth-order valence-electron chi connectivity index (χ4n) is 1.75. The molecule has 88 valence electrons. The van der Waals surface area contributed by atoms with Gasteiger partial charge in [-0.25, -0.2) is 4.98 Å². The molecule has 0 aliphatic carbocycles. The van der Waals surface area contributed by atoms with Crippen LogP contribution in [0.25, 0.3) is 0 Å². The zero-order valence-electron chi connectivity index (χ0n) is 9.19. The van der Waals surface area contributed by atoms with E-state index in [9.17, 15) is 0 Å². The van der Waals surface area contributed by atoms with Crippen LogP contribution in [-0.4, -0.2) is 41.1 Å². The van der Waals surface area contributed by atoms with E-state index in [-0.39, 0.29) is 12.1 Å². The van der Waals surface area contributed by atoms with E-state index in [0.717, 1.165) is 29.6 Å². The molecule has 0 radical (unpaired) electrons. The van der Waals surface area contributed by atoms with Gasteiger partial charge in [0.05, 0.1) is 0 Å². The largest absolute Gasteiger partial charge is 0.474 e. The highest BCUT2D eigenvalue weighted by Crippen LogP contribution is 2.18. The summed E-state index contributed by atoms with van der Waals surface area (Å²) >= 11 is 2.11. The Labute approximate surface area is 109 Å². The highest BCUT2D eigenvalue weighted by molar-refractivity contribution is 14.1. The molecule has 5 nitrogen and oxygen atoms in total. The first-order valence-electron chi connectivity index (χ1n) is 5.29. The van der Waals surface area contributed by atoms with Crippen molar-refractivity contribution in [3.63, 3.8) is 0 Å². The fraction of sp³-hybridized carbons (Fsp3) is 0.600. The molecule has 0 aromatic carbocycles. The summed E-state index contributed by atoms with van der Waals surface area (Å²) in [6.07, 6.45) is 2.33. The van der Waals surface area contributed by atoms with Crippen LogP contribution in [0, 0.1) is 3.70 Å². The molecule has 1 fully saturated rings. The van der Waals surface area contributed by atoms with Gasteiger partial charge in [-0.3, -0.25) is 0 Å². The third kappa shape index (κ3) is 3.18. The van der Waals surface area contributed by atoms with Crippen molar-refractivity contribution in [3.05, 3.63) is 9.77 Å². The number of piperidine rings is 1. The van der Waals surface area contributed by atoms with Gasteiger partial charge in [-0.05, 0) is 42.5 Å². The molecule has 0 atom stereocenters. The Hall–Kier alpha value is -0.630. The Morgan fingerprint density at radius 1 is 1.44 bits per heavy atom. The number of hydrogen-bond donors (Lipinski definition) is 1. The standard InChI is InChI=1S/C10H15IN4O/c1-15-4-2-7(3-5-15)16-9-6-8(11)13-10(12)14-9/h6-7H,2-5H2,1H3,(H2,12,13,14). The van der Waals surface area contributed by atoms with Crippen LogP contribution in [0.2, 0.25) is 0 Å². The first-order chi connectivity index (χ1) is 7.63. The zero-order valence-corrected chi connectivity index (χ0v) is 11.3. The maximum atomic E-state index is 5.80. The maximum Gasteiger partial charge on any atom is 0.224 e. The lowest BCUT2D eigenvalue weighted by Crippen LogP contribution is -2.35. The summed E-state index contributed by atoms with van der Waals surface area (Å²) in [7, 11) is 2.13. The number of ether oxygens (including phenoxy) is 1. The van der Waals surface area contributed by atoms with Crippen molar-refractivity contribution in [2.75, 3.05) is 25.9 Å². The number of likely N-dealkylation sites (tertiary alicyclic amines) is 1. The molecule has 1 aliphatic heterocycles. The minimum atomic E-state index is 0.251. The molecule has 2 N–H and O–H groups in total. The SMILES string of the molecule is CN1CCC(Oc2cc(I)nc(N)n2)CC1. The van der Waals surface area contributed by atoms with Crippen LogP contribution in [-0.2, 0) is 0 Å². The third-order valence-corrected chi connectivity index (χ3v) is 3.19. The zero-order chi connectivity index (χ0) is 11.5. The second kappa shape index (κ2) is 5.13. The highest BCUT2D eigenvalue weighted by Gasteiger charge is 2.18. The first kappa shape index (κ1) is 11.8. The Bertz CT molecular complexity index is 346. The molecular weight excluding hydrogens is 319 g/mol. The highest BCUT2D eigenvalue weighted by atomic mass is 127. The molecule has 0 spiro atoms. The molecule has 2 heterocycles. The molecule has 6 heteroatoms. The number of hydrogen-bond acceptors (Lipinski definition) is 5. The predicted octanol–water partition coefficient (Wildman–Crippen LogP) is 1.14. The average molecular weight is 334 g/mol. The Balaban J connectivity index is 1.98. The molecule has 0 saturated carbocycles. The molecule has 0 unspecified atom stereocenters. The number of aromatic nitrogens is 2. The van der Waals surface area contributed by atoms with Gasteiger partial charge in [-0.15, -0.1) is 0 Å². The lowest BCUT2D eigenvalue weighted by molar-refractivity contribution is 0.110. The van der Waals surface area contributed by atoms with Crippen molar-refractivity contribution in [1.29, 1.82) is 0 Å². The number of anilines is 1. The maximum absolute atomic E-state index is 5.80. The number of rotatable bonds is 2. The quantitative estimate of drug-likeness (QED) is 0.649. The van der Waals surface area contributed by atoms with Gasteiger partial charge in [0.1, 0.15) is 9.80 Å². The number of halogens is 1. The van der Waals surface area contributed by atoms with E-state index in [2.05, 4.69) is 44.5 Å². The molecule has 16 heavy (non-hydrogen) atoms. The number of nitrogen functional groups attached to an aromatic ring is 1. The van der Waals surface area contributed by atoms with E-state index in [1.807, 2.05) is 6.07 Å². The minimum absolute atomic E-state index is 0.251. The summed E-state index contributed by atoms with van der Waals surface area (Å²) in [5.41, 5.74) is 5.57. The fourth-order valence-corrected chi connectivity index (χ4v) is 2.26. The summed E-state index contributed by atoms with van der Waals surface area (Å²) in [6, 6.07) is 1.81. The van der Waals surface area contributed by atoms with Crippen molar-refractivity contribution < 1.29 is 4.74 Å². The van der Waals surface area contributed by atoms with Gasteiger partial charge >= 0.3 is 0 Å². The van der Waals surface area contributed by atoms with E-state index in [4.69, 9.17) is 10.5 Å². The van der Waals surface area contributed by atoms with Crippen molar-refractivity contribution in [3.8, 4) is 5.88 Å². The summed E-state index contributed by atoms with van der Waals surface area (Å²) in [5, 5.41) is 0. The molecular formula is C10H15IN4O. The van der Waals surface area contributed by atoms with Crippen LogP contribution in [0.3, 0.4) is 0 Å². The van der Waals surface area contributed by atoms with Gasteiger partial charge in [0.15, 0.2) is 0 Å². The summed E-state index contributed by atoms with van der Waals surface area (Å²) in [5.74, 6) is 0.862. The summed E-state index contributed by atoms with van der Waals surface area (Å²) < 4.78 is 6.62. The molecule has 1 aromatic rings. The van der Waals surface area contributed by atoms with Crippen LogP contribution < -0.4 is 10.5 Å². The Morgan fingerprint density at radius 3 is 2.75 bits per heavy atom. The Kier molecular flexibility index (Phi) is 3.80. The normalized spacial score (nSPS) is 18.6. The Morgan fingerprint density at radius 2 is 2.12 bits per heavy atom. The predicted molar refractivity (Wildman–Crippen MR) is 70.3 cm³/mol. The first-order valence-corrected chi connectivity index (χ1v) is 6.36. The molecule has 1 aliphatic rings. The van der Waals surface area contributed by atoms with Gasteiger partial charge in [0, 0.05) is 19.2 Å².